The molecule has 1 heterocycles. The number of hydrogen-bond donors (Lipinski definition) is 1. The van der Waals surface area contributed by atoms with E-state index in [0.29, 0.717) is 45.3 Å². The van der Waals surface area contributed by atoms with E-state index in [1.165, 1.54) is 12.8 Å². The van der Waals surface area contributed by atoms with Crippen LogP contribution < -0.4 is 5.32 Å². The minimum atomic E-state index is -0.897. The molecule has 2 rings (SSSR count). The molecule has 2 fully saturated rings. The summed E-state index contributed by atoms with van der Waals surface area (Å²) in [7, 11) is 0. The second-order valence-electron chi connectivity index (χ2n) is 5.34. The Morgan fingerprint density at radius 1 is 1.37 bits per heavy atom. The Labute approximate surface area is 114 Å². The maximum absolute atomic E-state index is 12.1. The average Bonchev–Trinajstić information content (AvgIpc) is 2.97. The van der Waals surface area contributed by atoms with Gasteiger partial charge in [-0.05, 0) is 25.7 Å². The minimum absolute atomic E-state index is 0.173. The van der Waals surface area contributed by atoms with Gasteiger partial charge in [-0.1, -0.05) is 12.8 Å². The van der Waals surface area contributed by atoms with Crippen LogP contribution in [-0.4, -0.2) is 38.4 Å². The first kappa shape index (κ1) is 14.3. The molecular formula is C14H22N2O3. The SMILES string of the molecule is N#CC1(C(=O)NCCOC2CCCC2)CCOCC1. The number of nitriles is 1. The van der Waals surface area contributed by atoms with E-state index in [9.17, 15) is 10.1 Å². The molecule has 1 N–H and O–H groups in total. The van der Waals surface area contributed by atoms with Gasteiger partial charge in [-0.25, -0.2) is 0 Å². The van der Waals surface area contributed by atoms with Crippen LogP contribution in [0.25, 0.3) is 0 Å². The number of rotatable bonds is 5. The third-order valence-corrected chi connectivity index (χ3v) is 4.04. The first-order valence-electron chi connectivity index (χ1n) is 7.16. The highest BCUT2D eigenvalue weighted by Gasteiger charge is 2.40. The van der Waals surface area contributed by atoms with Crippen molar-refractivity contribution in [1.29, 1.82) is 5.26 Å². The second-order valence-corrected chi connectivity index (χ2v) is 5.34. The fraction of sp³-hybridized carbons (Fsp3) is 0.857. The largest absolute Gasteiger partial charge is 0.381 e. The highest BCUT2D eigenvalue weighted by molar-refractivity contribution is 5.85. The summed E-state index contributed by atoms with van der Waals surface area (Å²) in [6, 6.07) is 2.17. The van der Waals surface area contributed by atoms with Gasteiger partial charge in [0.2, 0.25) is 5.91 Å². The molecule has 0 unspecified atom stereocenters. The number of hydrogen-bond acceptors (Lipinski definition) is 4. The van der Waals surface area contributed by atoms with Gasteiger partial charge in [-0.3, -0.25) is 4.79 Å². The third-order valence-electron chi connectivity index (χ3n) is 4.04. The van der Waals surface area contributed by atoms with Crippen LogP contribution >= 0.6 is 0 Å². The van der Waals surface area contributed by atoms with Crippen molar-refractivity contribution in [3.05, 3.63) is 0 Å². The van der Waals surface area contributed by atoms with Crippen LogP contribution in [0.5, 0.6) is 0 Å². The lowest BCUT2D eigenvalue weighted by Crippen LogP contribution is -2.44. The molecule has 0 aromatic carbocycles. The summed E-state index contributed by atoms with van der Waals surface area (Å²) in [5.41, 5.74) is -0.897. The predicted molar refractivity (Wildman–Crippen MR) is 69.3 cm³/mol. The Morgan fingerprint density at radius 3 is 2.68 bits per heavy atom. The normalized spacial score (nSPS) is 22.9. The fourth-order valence-electron chi connectivity index (χ4n) is 2.72. The summed E-state index contributed by atoms with van der Waals surface area (Å²) < 4.78 is 10.9. The zero-order valence-corrected chi connectivity index (χ0v) is 11.3. The number of nitrogens with one attached hydrogen (secondary N) is 1. The molecule has 5 heteroatoms. The number of ether oxygens (including phenoxy) is 2. The van der Waals surface area contributed by atoms with E-state index in [1.807, 2.05) is 0 Å². The van der Waals surface area contributed by atoms with Gasteiger partial charge < -0.3 is 14.8 Å². The number of carbonyl (C=O) groups is 1. The maximum Gasteiger partial charge on any atom is 0.240 e. The van der Waals surface area contributed by atoms with Crippen molar-refractivity contribution in [2.24, 2.45) is 5.41 Å². The molecule has 5 nitrogen and oxygen atoms in total. The van der Waals surface area contributed by atoms with E-state index in [2.05, 4.69) is 11.4 Å². The van der Waals surface area contributed by atoms with Crippen molar-refractivity contribution >= 4 is 5.91 Å². The van der Waals surface area contributed by atoms with E-state index >= 15 is 0 Å². The van der Waals surface area contributed by atoms with Crippen LogP contribution in [0.1, 0.15) is 38.5 Å². The Balaban J connectivity index is 1.69. The monoisotopic (exact) mass is 266 g/mol. The Kier molecular flexibility index (Phi) is 5.17. The molecule has 1 aliphatic carbocycles. The van der Waals surface area contributed by atoms with Crippen molar-refractivity contribution in [3.8, 4) is 6.07 Å². The van der Waals surface area contributed by atoms with Crippen LogP contribution in [0.3, 0.4) is 0 Å². The molecule has 0 spiro atoms. The highest BCUT2D eigenvalue weighted by Crippen LogP contribution is 2.29. The van der Waals surface area contributed by atoms with Gasteiger partial charge in [0.05, 0.1) is 18.8 Å². The molecule has 0 radical (unpaired) electrons. The van der Waals surface area contributed by atoms with Crippen molar-refractivity contribution in [2.75, 3.05) is 26.4 Å². The first-order valence-corrected chi connectivity index (χ1v) is 7.16. The van der Waals surface area contributed by atoms with Crippen LogP contribution in [0.2, 0.25) is 0 Å². The summed E-state index contributed by atoms with van der Waals surface area (Å²) in [5.74, 6) is -0.173. The zero-order chi connectivity index (χ0) is 13.6. The Morgan fingerprint density at radius 2 is 2.05 bits per heavy atom. The molecule has 0 aromatic heterocycles. The number of carbonyl (C=O) groups excluding carboxylic acids is 1. The van der Waals surface area contributed by atoms with Crippen molar-refractivity contribution in [1.82, 2.24) is 5.32 Å². The summed E-state index contributed by atoms with van der Waals surface area (Å²) in [4.78, 5) is 12.1. The highest BCUT2D eigenvalue weighted by atomic mass is 16.5. The lowest BCUT2D eigenvalue weighted by molar-refractivity contribution is -0.132. The van der Waals surface area contributed by atoms with Crippen LogP contribution in [0, 0.1) is 16.7 Å². The molecule has 0 atom stereocenters. The summed E-state index contributed by atoms with van der Waals surface area (Å²) in [6.45, 7) is 1.99. The van der Waals surface area contributed by atoms with Gasteiger partial charge in [0.1, 0.15) is 5.41 Å². The van der Waals surface area contributed by atoms with E-state index in [4.69, 9.17) is 9.47 Å². The fourth-order valence-corrected chi connectivity index (χ4v) is 2.72. The Hall–Kier alpha value is -1.12. The van der Waals surface area contributed by atoms with Crippen LogP contribution in [-0.2, 0) is 14.3 Å². The summed E-state index contributed by atoms with van der Waals surface area (Å²) in [5, 5.41) is 12.1. The van der Waals surface area contributed by atoms with Crippen molar-refractivity contribution in [2.45, 2.75) is 44.6 Å². The molecule has 1 amide bonds. The molecule has 106 valence electrons. The van der Waals surface area contributed by atoms with Crippen LogP contribution in [0.4, 0.5) is 0 Å². The lowest BCUT2D eigenvalue weighted by atomic mass is 9.81. The first-order chi connectivity index (χ1) is 9.27. The smallest absolute Gasteiger partial charge is 0.240 e. The number of nitrogens with zero attached hydrogens (tertiary/aromatic N) is 1. The zero-order valence-electron chi connectivity index (χ0n) is 11.3. The molecule has 1 saturated heterocycles. The average molecular weight is 266 g/mol. The topological polar surface area (TPSA) is 71.4 Å². The molecule has 1 aliphatic heterocycles. The number of amides is 1. The summed E-state index contributed by atoms with van der Waals surface area (Å²) in [6.07, 6.45) is 6.09. The Bertz CT molecular complexity index is 339. The van der Waals surface area contributed by atoms with Crippen molar-refractivity contribution < 1.29 is 14.3 Å². The van der Waals surface area contributed by atoms with Gasteiger partial charge >= 0.3 is 0 Å². The van der Waals surface area contributed by atoms with Gasteiger partial charge in [-0.2, -0.15) is 5.26 Å². The van der Waals surface area contributed by atoms with E-state index in [-0.39, 0.29) is 5.91 Å². The quantitative estimate of drug-likeness (QED) is 0.763. The van der Waals surface area contributed by atoms with Gasteiger partial charge in [-0.15, -0.1) is 0 Å². The third kappa shape index (κ3) is 3.68. The van der Waals surface area contributed by atoms with Gasteiger partial charge in [0.15, 0.2) is 0 Å². The standard InChI is InChI=1S/C14H22N2O3/c15-11-14(5-8-18-9-6-14)13(17)16-7-10-19-12-3-1-2-4-12/h12H,1-10H2,(H,16,17). The lowest BCUT2D eigenvalue weighted by Gasteiger charge is -2.29. The van der Waals surface area contributed by atoms with E-state index in [0.717, 1.165) is 12.8 Å². The minimum Gasteiger partial charge on any atom is -0.381 e. The molecule has 19 heavy (non-hydrogen) atoms. The molecule has 0 bridgehead atoms. The molecule has 1 saturated carbocycles. The van der Waals surface area contributed by atoms with E-state index in [1.54, 1.807) is 0 Å². The van der Waals surface area contributed by atoms with E-state index < -0.39 is 5.41 Å². The molecular weight excluding hydrogens is 244 g/mol. The van der Waals surface area contributed by atoms with Gasteiger partial charge in [0, 0.05) is 19.8 Å². The second kappa shape index (κ2) is 6.88. The molecule has 0 aromatic rings. The van der Waals surface area contributed by atoms with Crippen molar-refractivity contribution in [3.63, 3.8) is 0 Å². The van der Waals surface area contributed by atoms with Gasteiger partial charge in [0.25, 0.3) is 0 Å². The van der Waals surface area contributed by atoms with Crippen LogP contribution in [0.15, 0.2) is 0 Å². The molecule has 2 aliphatic rings. The summed E-state index contributed by atoms with van der Waals surface area (Å²) >= 11 is 0. The maximum atomic E-state index is 12.1. The predicted octanol–water partition coefficient (Wildman–Crippen LogP) is 1.38.